The topological polar surface area (TPSA) is 61.4 Å². The summed E-state index contributed by atoms with van der Waals surface area (Å²) < 4.78 is 4.33. The lowest BCUT2D eigenvalue weighted by molar-refractivity contribution is 0.933. The quantitative estimate of drug-likeness (QED) is 0.200. The number of hydrogen-bond acceptors (Lipinski definition) is 4. The Morgan fingerprint density at radius 3 is 1.70 bits per heavy atom. The standard InChI is InChI=1S/C40H26N6/c1-4-12-27(13-5-1)30-20-23-36(41-26-30)46-35-19-11-10-18-31(35)32-21-22-34-33(37(32)46)24-25-45(34)40-43-38(28-14-6-2-7-15-28)42-39(44-40)29-16-8-3-9-17-29/h1-26H. The molecular formula is C40H26N6. The van der Waals surface area contributed by atoms with E-state index in [1.165, 1.54) is 10.8 Å². The molecule has 6 heteroatoms. The molecule has 0 fully saturated rings. The van der Waals surface area contributed by atoms with Gasteiger partial charge in [0.05, 0.1) is 16.6 Å². The van der Waals surface area contributed by atoms with E-state index in [-0.39, 0.29) is 0 Å². The molecule has 0 amide bonds. The minimum absolute atomic E-state index is 0.565. The van der Waals surface area contributed by atoms with E-state index in [4.69, 9.17) is 19.9 Å². The highest BCUT2D eigenvalue weighted by Crippen LogP contribution is 2.37. The van der Waals surface area contributed by atoms with Gasteiger partial charge in [0.1, 0.15) is 5.82 Å². The van der Waals surface area contributed by atoms with Crippen LogP contribution in [0.2, 0.25) is 0 Å². The van der Waals surface area contributed by atoms with E-state index < -0.39 is 0 Å². The molecule has 4 heterocycles. The second-order valence-electron chi connectivity index (χ2n) is 11.2. The monoisotopic (exact) mass is 590 g/mol. The molecule has 216 valence electrons. The number of para-hydroxylation sites is 1. The van der Waals surface area contributed by atoms with E-state index in [0.29, 0.717) is 17.6 Å². The maximum atomic E-state index is 4.99. The van der Waals surface area contributed by atoms with Gasteiger partial charge in [-0.3, -0.25) is 9.13 Å². The van der Waals surface area contributed by atoms with Crippen molar-refractivity contribution in [3.05, 3.63) is 158 Å². The Labute approximate surface area is 264 Å². The highest BCUT2D eigenvalue weighted by Gasteiger charge is 2.19. The zero-order valence-corrected chi connectivity index (χ0v) is 24.7. The van der Waals surface area contributed by atoms with Gasteiger partial charge in [0.15, 0.2) is 11.6 Å². The highest BCUT2D eigenvalue weighted by atomic mass is 15.2. The Bertz CT molecular complexity index is 2440. The number of aromatic nitrogens is 6. The van der Waals surface area contributed by atoms with Crippen LogP contribution in [0, 0.1) is 0 Å². The second kappa shape index (κ2) is 10.6. The molecule has 9 aromatic rings. The number of hydrogen-bond donors (Lipinski definition) is 0. The lowest BCUT2D eigenvalue weighted by Gasteiger charge is -2.11. The second-order valence-corrected chi connectivity index (χ2v) is 11.2. The summed E-state index contributed by atoms with van der Waals surface area (Å²) in [5.74, 6) is 2.69. The van der Waals surface area contributed by atoms with Crippen molar-refractivity contribution >= 4 is 32.7 Å². The minimum Gasteiger partial charge on any atom is -0.293 e. The molecule has 46 heavy (non-hydrogen) atoms. The van der Waals surface area contributed by atoms with Gasteiger partial charge in [-0.15, -0.1) is 0 Å². The fraction of sp³-hybridized carbons (Fsp3) is 0. The fourth-order valence-corrected chi connectivity index (χ4v) is 6.31. The van der Waals surface area contributed by atoms with E-state index in [1.54, 1.807) is 0 Å². The van der Waals surface area contributed by atoms with Gasteiger partial charge in [-0.2, -0.15) is 9.97 Å². The Morgan fingerprint density at radius 2 is 1.04 bits per heavy atom. The molecule has 0 aliphatic carbocycles. The molecule has 6 nitrogen and oxygen atoms in total. The summed E-state index contributed by atoms with van der Waals surface area (Å²) >= 11 is 0. The molecule has 0 aliphatic rings. The van der Waals surface area contributed by atoms with Crippen molar-refractivity contribution in [3.63, 3.8) is 0 Å². The molecule has 5 aromatic carbocycles. The number of rotatable bonds is 5. The minimum atomic E-state index is 0.565. The average molecular weight is 591 g/mol. The van der Waals surface area contributed by atoms with Crippen LogP contribution in [-0.2, 0) is 0 Å². The van der Waals surface area contributed by atoms with Crippen LogP contribution in [-0.4, -0.2) is 29.1 Å². The van der Waals surface area contributed by atoms with Gasteiger partial charge < -0.3 is 0 Å². The lowest BCUT2D eigenvalue weighted by atomic mass is 10.1. The number of benzene rings is 5. The third-order valence-electron chi connectivity index (χ3n) is 8.49. The summed E-state index contributed by atoms with van der Waals surface area (Å²) in [6.45, 7) is 0. The van der Waals surface area contributed by atoms with E-state index in [2.05, 4.69) is 94.2 Å². The van der Waals surface area contributed by atoms with Crippen molar-refractivity contribution in [2.75, 3.05) is 0 Å². The summed E-state index contributed by atoms with van der Waals surface area (Å²) in [7, 11) is 0. The zero-order chi connectivity index (χ0) is 30.5. The first-order chi connectivity index (χ1) is 22.8. The summed E-state index contributed by atoms with van der Waals surface area (Å²) in [4.78, 5) is 19.8. The molecule has 0 atom stereocenters. The average Bonchev–Trinajstić information content (AvgIpc) is 3.72. The number of nitrogens with zero attached hydrogens (tertiary/aromatic N) is 6. The van der Waals surface area contributed by atoms with E-state index >= 15 is 0 Å². The van der Waals surface area contributed by atoms with Crippen LogP contribution in [0.25, 0.3) is 78.4 Å². The number of fused-ring (bicyclic) bond motifs is 5. The van der Waals surface area contributed by atoms with Crippen LogP contribution < -0.4 is 0 Å². The predicted molar refractivity (Wildman–Crippen MR) is 185 cm³/mol. The van der Waals surface area contributed by atoms with Crippen molar-refractivity contribution in [2.24, 2.45) is 0 Å². The molecule has 0 aliphatic heterocycles. The summed E-state index contributed by atoms with van der Waals surface area (Å²) in [6, 6.07) is 49.7. The van der Waals surface area contributed by atoms with E-state index in [1.807, 2.05) is 72.9 Å². The third-order valence-corrected chi connectivity index (χ3v) is 8.49. The number of pyridine rings is 1. The van der Waals surface area contributed by atoms with Gasteiger partial charge in [0, 0.05) is 45.2 Å². The molecule has 4 aromatic heterocycles. The predicted octanol–water partition coefficient (Wildman–Crippen LogP) is 9.31. The Morgan fingerprint density at radius 1 is 0.413 bits per heavy atom. The van der Waals surface area contributed by atoms with Gasteiger partial charge in [0.25, 0.3) is 0 Å². The highest BCUT2D eigenvalue weighted by molar-refractivity contribution is 6.18. The summed E-state index contributed by atoms with van der Waals surface area (Å²) in [5, 5.41) is 3.44. The van der Waals surface area contributed by atoms with Gasteiger partial charge in [0.2, 0.25) is 5.95 Å². The first kappa shape index (κ1) is 26.0. The summed E-state index contributed by atoms with van der Waals surface area (Å²) in [6.07, 6.45) is 4.01. The van der Waals surface area contributed by atoms with Crippen LogP contribution in [0.5, 0.6) is 0 Å². The largest absolute Gasteiger partial charge is 0.293 e. The first-order valence-electron chi connectivity index (χ1n) is 15.2. The first-order valence-corrected chi connectivity index (χ1v) is 15.2. The van der Waals surface area contributed by atoms with Crippen molar-refractivity contribution in [2.45, 2.75) is 0 Å². The fourth-order valence-electron chi connectivity index (χ4n) is 6.31. The Balaban J connectivity index is 1.26. The van der Waals surface area contributed by atoms with E-state index in [9.17, 15) is 0 Å². The SMILES string of the molecule is c1ccc(-c2ccc(-n3c4ccccc4c4ccc5c(ccn5-c5nc(-c6ccccc6)nc(-c6ccccc6)n5)c43)nc2)cc1. The van der Waals surface area contributed by atoms with Crippen LogP contribution in [0.4, 0.5) is 0 Å². The Hall–Kier alpha value is -6.40. The normalized spacial score (nSPS) is 11.5. The molecule has 9 rings (SSSR count). The van der Waals surface area contributed by atoms with Crippen molar-refractivity contribution < 1.29 is 0 Å². The smallest absolute Gasteiger partial charge is 0.238 e. The van der Waals surface area contributed by atoms with Crippen molar-refractivity contribution in [1.82, 2.24) is 29.1 Å². The van der Waals surface area contributed by atoms with Gasteiger partial charge >= 0.3 is 0 Å². The van der Waals surface area contributed by atoms with Crippen molar-refractivity contribution in [3.8, 4) is 45.7 Å². The summed E-state index contributed by atoms with van der Waals surface area (Å²) in [5.41, 5.74) is 7.31. The van der Waals surface area contributed by atoms with Crippen LogP contribution >= 0.6 is 0 Å². The van der Waals surface area contributed by atoms with Crippen molar-refractivity contribution in [1.29, 1.82) is 0 Å². The molecule has 0 saturated heterocycles. The van der Waals surface area contributed by atoms with E-state index in [0.717, 1.165) is 50.0 Å². The van der Waals surface area contributed by atoms with Gasteiger partial charge in [-0.05, 0) is 35.9 Å². The zero-order valence-electron chi connectivity index (χ0n) is 24.7. The molecule has 0 unspecified atom stereocenters. The Kier molecular flexibility index (Phi) is 6.03. The van der Waals surface area contributed by atoms with Crippen LogP contribution in [0.15, 0.2) is 158 Å². The lowest BCUT2D eigenvalue weighted by Crippen LogP contribution is -2.05. The molecule has 0 bridgehead atoms. The molecule has 0 saturated carbocycles. The van der Waals surface area contributed by atoms with Crippen LogP contribution in [0.3, 0.4) is 0 Å². The molecule has 0 spiro atoms. The van der Waals surface area contributed by atoms with Gasteiger partial charge in [-0.1, -0.05) is 115 Å². The van der Waals surface area contributed by atoms with Crippen LogP contribution in [0.1, 0.15) is 0 Å². The maximum Gasteiger partial charge on any atom is 0.238 e. The van der Waals surface area contributed by atoms with Gasteiger partial charge in [-0.25, -0.2) is 9.97 Å². The third kappa shape index (κ3) is 4.27. The molecule has 0 radical (unpaired) electrons. The molecule has 0 N–H and O–H groups in total. The molecular weight excluding hydrogens is 564 g/mol. The maximum absolute atomic E-state index is 4.99.